The topological polar surface area (TPSA) is 61.4 Å². The second-order valence-corrected chi connectivity index (χ2v) is 4.18. The van der Waals surface area contributed by atoms with Crippen LogP contribution in [0, 0.1) is 0 Å². The largest absolute Gasteiger partial charge is 0.464 e. The van der Waals surface area contributed by atoms with Crippen molar-refractivity contribution in [3.63, 3.8) is 0 Å². The Morgan fingerprint density at radius 3 is 2.56 bits per heavy atom. The Bertz CT molecular complexity index is 542. The van der Waals surface area contributed by atoms with Crippen LogP contribution in [0.15, 0.2) is 40.9 Å². The lowest BCUT2D eigenvalue weighted by Gasteiger charge is -2.06. The van der Waals surface area contributed by atoms with Gasteiger partial charge in [0.05, 0.1) is 5.69 Å². The minimum Gasteiger partial charge on any atom is -0.464 e. The first-order chi connectivity index (χ1) is 7.65. The molecule has 0 atom stereocenters. The number of anilines is 1. The molecule has 0 bridgehead atoms. The second kappa shape index (κ2) is 4.40. The predicted molar refractivity (Wildman–Crippen MR) is 66.4 cm³/mol. The van der Waals surface area contributed by atoms with E-state index in [0.717, 1.165) is 15.2 Å². The molecule has 0 unspecified atom stereocenters. The predicted octanol–water partition coefficient (Wildman–Crippen LogP) is 3.20. The van der Waals surface area contributed by atoms with E-state index in [4.69, 9.17) is 5.11 Å². The number of hydrazine groups is 1. The minimum absolute atomic E-state index is 0.706. The monoisotopic (exact) mass is 280 g/mol. The third-order valence-corrected chi connectivity index (χ3v) is 2.61. The molecule has 0 saturated carbocycles. The number of carbonyl (C=O) groups is 1. The van der Waals surface area contributed by atoms with Crippen LogP contribution in [0.1, 0.15) is 0 Å². The average Bonchev–Trinajstić information content (AvgIpc) is 2.26. The zero-order valence-electron chi connectivity index (χ0n) is 8.20. The summed E-state index contributed by atoms with van der Waals surface area (Å²) < 4.78 is 1.02. The van der Waals surface area contributed by atoms with Gasteiger partial charge < -0.3 is 5.11 Å². The summed E-state index contributed by atoms with van der Waals surface area (Å²) in [6.45, 7) is 0. The molecule has 0 aliphatic carbocycles. The van der Waals surface area contributed by atoms with E-state index in [0.29, 0.717) is 5.69 Å². The molecule has 1 amide bonds. The highest BCUT2D eigenvalue weighted by Crippen LogP contribution is 2.22. The van der Waals surface area contributed by atoms with Gasteiger partial charge in [-0.05, 0) is 35.0 Å². The first kappa shape index (κ1) is 10.8. The van der Waals surface area contributed by atoms with Gasteiger partial charge in [-0.1, -0.05) is 28.1 Å². The molecule has 2 rings (SSSR count). The van der Waals surface area contributed by atoms with E-state index in [1.807, 2.05) is 36.4 Å². The Morgan fingerprint density at radius 1 is 1.12 bits per heavy atom. The van der Waals surface area contributed by atoms with Crippen molar-refractivity contribution in [2.45, 2.75) is 0 Å². The van der Waals surface area contributed by atoms with E-state index >= 15 is 0 Å². The van der Waals surface area contributed by atoms with Gasteiger partial charge in [-0.15, -0.1) is 0 Å². The van der Waals surface area contributed by atoms with Crippen molar-refractivity contribution in [1.82, 2.24) is 5.43 Å². The fourth-order valence-corrected chi connectivity index (χ4v) is 1.80. The van der Waals surface area contributed by atoms with Crippen molar-refractivity contribution in [2.24, 2.45) is 0 Å². The number of benzene rings is 2. The maximum Gasteiger partial charge on any atom is 0.423 e. The summed E-state index contributed by atoms with van der Waals surface area (Å²) in [4.78, 5) is 10.3. The smallest absolute Gasteiger partial charge is 0.423 e. The molecule has 4 nitrogen and oxygen atoms in total. The van der Waals surface area contributed by atoms with Crippen molar-refractivity contribution in [1.29, 1.82) is 0 Å². The van der Waals surface area contributed by atoms with Crippen LogP contribution < -0.4 is 10.9 Å². The number of hydrogen-bond acceptors (Lipinski definition) is 2. The highest BCUT2D eigenvalue weighted by Gasteiger charge is 1.98. The molecule has 0 aliphatic rings. The molecule has 2 aromatic rings. The molecule has 0 aromatic heterocycles. The van der Waals surface area contributed by atoms with Crippen LogP contribution in [0.25, 0.3) is 10.8 Å². The van der Waals surface area contributed by atoms with Crippen LogP contribution >= 0.6 is 15.9 Å². The molecule has 3 N–H and O–H groups in total. The molecule has 82 valence electrons. The number of rotatable bonds is 2. The zero-order valence-corrected chi connectivity index (χ0v) is 9.78. The third kappa shape index (κ3) is 2.43. The molecule has 0 aliphatic heterocycles. The molecule has 2 aromatic carbocycles. The van der Waals surface area contributed by atoms with Crippen LogP contribution in [0.3, 0.4) is 0 Å². The minimum atomic E-state index is -1.11. The number of halogens is 1. The van der Waals surface area contributed by atoms with Gasteiger partial charge in [-0.3, -0.25) is 5.43 Å². The summed E-state index contributed by atoms with van der Waals surface area (Å²) >= 11 is 3.40. The van der Waals surface area contributed by atoms with Crippen LogP contribution in [0.2, 0.25) is 0 Å². The van der Waals surface area contributed by atoms with Gasteiger partial charge >= 0.3 is 6.09 Å². The summed E-state index contributed by atoms with van der Waals surface area (Å²) in [6, 6.07) is 11.5. The summed E-state index contributed by atoms with van der Waals surface area (Å²) in [6.07, 6.45) is -1.11. The van der Waals surface area contributed by atoms with Gasteiger partial charge in [-0.2, -0.15) is 0 Å². The summed E-state index contributed by atoms with van der Waals surface area (Å²) in [5.74, 6) is 0. The highest BCUT2D eigenvalue weighted by atomic mass is 79.9. The Morgan fingerprint density at radius 2 is 1.81 bits per heavy atom. The lowest BCUT2D eigenvalue weighted by atomic mass is 10.1. The highest BCUT2D eigenvalue weighted by molar-refractivity contribution is 9.10. The van der Waals surface area contributed by atoms with Gasteiger partial charge in [0.2, 0.25) is 0 Å². The summed E-state index contributed by atoms with van der Waals surface area (Å²) in [7, 11) is 0. The summed E-state index contributed by atoms with van der Waals surface area (Å²) in [5, 5.41) is 10.6. The normalized spacial score (nSPS) is 10.1. The number of hydrogen-bond donors (Lipinski definition) is 3. The number of carboxylic acid groups (broad SMARTS) is 1. The maximum absolute atomic E-state index is 10.3. The number of fused-ring (bicyclic) bond motifs is 1. The van der Waals surface area contributed by atoms with Gasteiger partial charge in [0.1, 0.15) is 0 Å². The first-order valence-corrected chi connectivity index (χ1v) is 5.39. The van der Waals surface area contributed by atoms with Crippen molar-refractivity contribution < 1.29 is 9.90 Å². The maximum atomic E-state index is 10.3. The standard InChI is InChI=1S/C11H9BrN2O2/c12-9-3-1-8-6-10(13-14-11(15)16)4-2-7(8)5-9/h1-6,13-14H,(H,15,16). The SMILES string of the molecule is O=C(O)NNc1ccc2cc(Br)ccc2c1. The Balaban J connectivity index is 2.30. The third-order valence-electron chi connectivity index (χ3n) is 2.12. The van der Waals surface area contributed by atoms with Gasteiger partial charge in [-0.25, -0.2) is 10.2 Å². The molecule has 0 spiro atoms. The summed E-state index contributed by atoms with van der Waals surface area (Å²) in [5.41, 5.74) is 5.39. The fraction of sp³-hybridized carbons (Fsp3) is 0. The Labute approximate surface area is 100 Å². The lowest BCUT2D eigenvalue weighted by molar-refractivity contribution is 0.197. The van der Waals surface area contributed by atoms with Crippen molar-refractivity contribution in [3.8, 4) is 0 Å². The molecule has 0 fully saturated rings. The molecule has 16 heavy (non-hydrogen) atoms. The van der Waals surface area contributed by atoms with E-state index in [2.05, 4.69) is 26.8 Å². The Kier molecular flexibility index (Phi) is 2.96. The van der Waals surface area contributed by atoms with Gasteiger partial charge in [0.15, 0.2) is 0 Å². The van der Waals surface area contributed by atoms with Crippen molar-refractivity contribution in [2.75, 3.05) is 5.43 Å². The zero-order chi connectivity index (χ0) is 11.5. The quantitative estimate of drug-likeness (QED) is 0.741. The molecule has 0 heterocycles. The van der Waals surface area contributed by atoms with E-state index in [1.54, 1.807) is 0 Å². The van der Waals surface area contributed by atoms with Crippen LogP contribution in [0.5, 0.6) is 0 Å². The first-order valence-electron chi connectivity index (χ1n) is 4.59. The van der Waals surface area contributed by atoms with E-state index in [-0.39, 0.29) is 0 Å². The second-order valence-electron chi connectivity index (χ2n) is 3.26. The van der Waals surface area contributed by atoms with Gasteiger partial charge in [0.25, 0.3) is 0 Å². The molecular weight excluding hydrogens is 272 g/mol. The van der Waals surface area contributed by atoms with Crippen LogP contribution in [-0.2, 0) is 0 Å². The van der Waals surface area contributed by atoms with E-state index in [1.165, 1.54) is 0 Å². The van der Waals surface area contributed by atoms with Crippen LogP contribution in [0.4, 0.5) is 10.5 Å². The molecular formula is C11H9BrN2O2. The number of nitrogens with one attached hydrogen (secondary N) is 2. The lowest BCUT2D eigenvalue weighted by Crippen LogP contribution is -2.27. The van der Waals surface area contributed by atoms with E-state index in [9.17, 15) is 4.79 Å². The van der Waals surface area contributed by atoms with Crippen molar-refractivity contribution in [3.05, 3.63) is 40.9 Å². The van der Waals surface area contributed by atoms with Crippen LogP contribution in [-0.4, -0.2) is 11.2 Å². The Hall–Kier alpha value is -1.75. The molecule has 0 saturated heterocycles. The van der Waals surface area contributed by atoms with Gasteiger partial charge in [0, 0.05) is 4.47 Å². The van der Waals surface area contributed by atoms with Crippen molar-refractivity contribution >= 4 is 38.5 Å². The fourth-order valence-electron chi connectivity index (χ4n) is 1.42. The number of amides is 1. The molecule has 0 radical (unpaired) electrons. The van der Waals surface area contributed by atoms with E-state index < -0.39 is 6.09 Å². The molecule has 5 heteroatoms. The average molecular weight is 281 g/mol.